The number of carbonyl (C=O) groups excluding carboxylic acids is 2. The number of hydrogen-bond donors (Lipinski definition) is 1. The average Bonchev–Trinajstić information content (AvgIpc) is 2.75. The van der Waals surface area contributed by atoms with Crippen molar-refractivity contribution in [2.45, 2.75) is 44.7 Å². The first-order valence-corrected chi connectivity index (χ1v) is 11.2. The third-order valence-electron chi connectivity index (χ3n) is 7.03. The lowest BCUT2D eigenvalue weighted by Gasteiger charge is -2.46. The molecule has 6 nitrogen and oxygen atoms in total. The Morgan fingerprint density at radius 3 is 2.24 bits per heavy atom. The van der Waals surface area contributed by atoms with Crippen molar-refractivity contribution in [3.8, 4) is 0 Å². The van der Waals surface area contributed by atoms with E-state index in [9.17, 15) is 9.59 Å². The van der Waals surface area contributed by atoms with Gasteiger partial charge in [0.25, 0.3) is 5.91 Å². The maximum atomic E-state index is 12.7. The van der Waals surface area contributed by atoms with Crippen LogP contribution in [0.4, 0.5) is 0 Å². The van der Waals surface area contributed by atoms with Crippen LogP contribution in [0, 0.1) is 5.92 Å². The highest BCUT2D eigenvalue weighted by Crippen LogP contribution is 2.32. The average molecular weight is 401 g/mol. The van der Waals surface area contributed by atoms with E-state index in [2.05, 4.69) is 22.0 Å². The standard InChI is InChI=1S/C23H34N4O2.H2/c1-18-7-8-21(18)26-13-15-27(16-14-26)22(28)17-25-11-9-20(10-12-25)24-23(29)19-5-3-2-4-6-19;/h2-6,18,20-21H,7-17H2,1H3,(H,24,29);1H. The monoisotopic (exact) mass is 400 g/mol. The van der Waals surface area contributed by atoms with Crippen LogP contribution in [0.25, 0.3) is 0 Å². The lowest BCUT2D eigenvalue weighted by atomic mass is 9.80. The van der Waals surface area contributed by atoms with Crippen molar-refractivity contribution in [3.63, 3.8) is 0 Å². The number of piperidine rings is 1. The van der Waals surface area contributed by atoms with Crippen LogP contribution in [-0.2, 0) is 4.79 Å². The first kappa shape index (κ1) is 20.4. The Kier molecular flexibility index (Phi) is 6.50. The minimum Gasteiger partial charge on any atom is -0.349 e. The summed E-state index contributed by atoms with van der Waals surface area (Å²) in [5, 5.41) is 3.14. The molecule has 0 radical (unpaired) electrons. The number of nitrogens with one attached hydrogen (secondary N) is 1. The maximum absolute atomic E-state index is 12.7. The molecule has 0 bridgehead atoms. The van der Waals surface area contributed by atoms with Gasteiger partial charge >= 0.3 is 0 Å². The number of likely N-dealkylation sites (tertiary alicyclic amines) is 1. The maximum Gasteiger partial charge on any atom is 0.251 e. The van der Waals surface area contributed by atoms with Crippen LogP contribution in [0.2, 0.25) is 0 Å². The zero-order valence-corrected chi connectivity index (χ0v) is 17.6. The van der Waals surface area contributed by atoms with Gasteiger partial charge in [-0.3, -0.25) is 19.4 Å². The molecule has 6 heteroatoms. The number of carbonyl (C=O) groups is 2. The van der Waals surface area contributed by atoms with Crippen LogP contribution < -0.4 is 5.32 Å². The fourth-order valence-electron chi connectivity index (χ4n) is 4.88. The van der Waals surface area contributed by atoms with Gasteiger partial charge in [0.05, 0.1) is 6.54 Å². The Morgan fingerprint density at radius 1 is 0.966 bits per heavy atom. The molecule has 2 aliphatic heterocycles. The van der Waals surface area contributed by atoms with Gasteiger partial charge in [-0.15, -0.1) is 0 Å². The molecule has 2 unspecified atom stereocenters. The normalized spacial score (nSPS) is 26.7. The van der Waals surface area contributed by atoms with E-state index in [0.29, 0.717) is 12.1 Å². The predicted molar refractivity (Wildman–Crippen MR) is 116 cm³/mol. The molecule has 3 fully saturated rings. The van der Waals surface area contributed by atoms with Crippen LogP contribution >= 0.6 is 0 Å². The zero-order chi connectivity index (χ0) is 20.2. The summed E-state index contributed by atoms with van der Waals surface area (Å²) in [5.74, 6) is 1.08. The number of nitrogens with zero attached hydrogens (tertiary/aromatic N) is 3. The molecule has 1 saturated carbocycles. The van der Waals surface area contributed by atoms with Crippen LogP contribution in [0.15, 0.2) is 30.3 Å². The van der Waals surface area contributed by atoms with Gasteiger partial charge in [0, 0.05) is 58.3 Å². The fraction of sp³-hybridized carbons (Fsp3) is 0.652. The van der Waals surface area contributed by atoms with Crippen molar-refractivity contribution in [1.82, 2.24) is 20.0 Å². The van der Waals surface area contributed by atoms with Crippen molar-refractivity contribution in [3.05, 3.63) is 35.9 Å². The van der Waals surface area contributed by atoms with Gasteiger partial charge in [0.2, 0.25) is 5.91 Å². The highest BCUT2D eigenvalue weighted by Gasteiger charge is 2.34. The van der Waals surface area contributed by atoms with Gasteiger partial charge in [-0.25, -0.2) is 0 Å². The highest BCUT2D eigenvalue weighted by atomic mass is 16.2. The Labute approximate surface area is 175 Å². The molecule has 1 aliphatic carbocycles. The molecule has 29 heavy (non-hydrogen) atoms. The van der Waals surface area contributed by atoms with Crippen LogP contribution in [0.1, 0.15) is 44.4 Å². The Bertz CT molecular complexity index is 700. The number of piperazine rings is 1. The second-order valence-electron chi connectivity index (χ2n) is 8.93. The van der Waals surface area contributed by atoms with Crippen LogP contribution in [-0.4, -0.2) is 84.4 Å². The summed E-state index contributed by atoms with van der Waals surface area (Å²) >= 11 is 0. The molecule has 0 spiro atoms. The minimum atomic E-state index is -0.00113. The van der Waals surface area contributed by atoms with E-state index in [1.54, 1.807) is 0 Å². The summed E-state index contributed by atoms with van der Waals surface area (Å²) in [6.45, 7) is 8.37. The van der Waals surface area contributed by atoms with Gasteiger partial charge in [-0.2, -0.15) is 0 Å². The molecule has 2 heterocycles. The topological polar surface area (TPSA) is 55.9 Å². The van der Waals surface area contributed by atoms with Gasteiger partial charge in [0.1, 0.15) is 0 Å². The Balaban J connectivity index is 0.00000256. The summed E-state index contributed by atoms with van der Waals surface area (Å²) < 4.78 is 0. The van der Waals surface area contributed by atoms with E-state index in [1.807, 2.05) is 35.2 Å². The van der Waals surface area contributed by atoms with E-state index >= 15 is 0 Å². The molecule has 4 rings (SSSR count). The number of benzene rings is 1. The van der Waals surface area contributed by atoms with Gasteiger partial charge < -0.3 is 10.2 Å². The second kappa shape index (κ2) is 9.26. The summed E-state index contributed by atoms with van der Waals surface area (Å²) in [7, 11) is 0. The van der Waals surface area contributed by atoms with Crippen molar-refractivity contribution >= 4 is 11.8 Å². The zero-order valence-electron chi connectivity index (χ0n) is 17.6. The molecule has 3 aliphatic rings. The summed E-state index contributed by atoms with van der Waals surface area (Å²) in [5.41, 5.74) is 0.709. The number of amides is 2. The molecule has 2 atom stereocenters. The van der Waals surface area contributed by atoms with E-state index < -0.39 is 0 Å². The van der Waals surface area contributed by atoms with Gasteiger partial charge in [0.15, 0.2) is 0 Å². The van der Waals surface area contributed by atoms with Crippen molar-refractivity contribution in [1.29, 1.82) is 0 Å². The molecule has 2 amide bonds. The molecular formula is C23H36N4O2. The minimum absolute atomic E-state index is 0. The van der Waals surface area contributed by atoms with E-state index in [-0.39, 0.29) is 19.3 Å². The van der Waals surface area contributed by atoms with E-state index in [4.69, 9.17) is 0 Å². The molecule has 0 aromatic heterocycles. The second-order valence-corrected chi connectivity index (χ2v) is 8.93. The summed E-state index contributed by atoms with van der Waals surface area (Å²) in [6, 6.07) is 10.3. The quantitative estimate of drug-likeness (QED) is 0.822. The molecular weight excluding hydrogens is 364 g/mol. The van der Waals surface area contributed by atoms with Gasteiger partial charge in [-0.1, -0.05) is 25.1 Å². The van der Waals surface area contributed by atoms with Crippen LogP contribution in [0.5, 0.6) is 0 Å². The molecule has 1 aromatic carbocycles. The van der Waals surface area contributed by atoms with E-state index in [0.717, 1.165) is 64.1 Å². The summed E-state index contributed by atoms with van der Waals surface area (Å²) in [6.07, 6.45) is 4.48. The van der Waals surface area contributed by atoms with Gasteiger partial charge in [-0.05, 0) is 43.7 Å². The summed E-state index contributed by atoms with van der Waals surface area (Å²) in [4.78, 5) is 31.9. The van der Waals surface area contributed by atoms with Crippen LogP contribution in [0.3, 0.4) is 0 Å². The lowest BCUT2D eigenvalue weighted by Crippen LogP contribution is -2.57. The Morgan fingerprint density at radius 2 is 1.66 bits per heavy atom. The highest BCUT2D eigenvalue weighted by molar-refractivity contribution is 5.94. The smallest absolute Gasteiger partial charge is 0.251 e. The Hall–Kier alpha value is -1.92. The van der Waals surface area contributed by atoms with Crippen molar-refractivity contribution in [2.24, 2.45) is 5.92 Å². The number of rotatable bonds is 5. The SMILES string of the molecule is CC1CCC1N1CCN(C(=O)CN2CCC(NC(=O)c3ccccc3)CC2)CC1.[HH]. The molecule has 1 aromatic rings. The predicted octanol–water partition coefficient (Wildman–Crippen LogP) is 2.07. The molecule has 2 saturated heterocycles. The lowest BCUT2D eigenvalue weighted by molar-refractivity contribution is -0.135. The fourth-order valence-corrected chi connectivity index (χ4v) is 4.88. The third kappa shape index (κ3) is 4.98. The van der Waals surface area contributed by atoms with Crippen molar-refractivity contribution in [2.75, 3.05) is 45.8 Å². The number of hydrogen-bond acceptors (Lipinski definition) is 4. The third-order valence-corrected chi connectivity index (χ3v) is 7.03. The van der Waals surface area contributed by atoms with E-state index in [1.165, 1.54) is 12.8 Å². The first-order valence-electron chi connectivity index (χ1n) is 11.2. The first-order chi connectivity index (χ1) is 14.1. The largest absolute Gasteiger partial charge is 0.349 e. The molecule has 160 valence electrons. The van der Waals surface area contributed by atoms with Crippen molar-refractivity contribution < 1.29 is 11.0 Å². The molecule has 1 N–H and O–H groups in total.